The molecule has 0 aliphatic carbocycles. The van der Waals surface area contributed by atoms with Gasteiger partial charge in [-0.1, -0.05) is 56.3 Å². The average molecular weight is 300 g/mol. The number of nitrogens with one attached hydrogen (secondary N) is 1. The Morgan fingerprint density at radius 1 is 1.23 bits per heavy atom. The molecule has 0 bridgehead atoms. The lowest BCUT2D eigenvalue weighted by Gasteiger charge is -2.13. The van der Waals surface area contributed by atoms with Crippen molar-refractivity contribution in [3.63, 3.8) is 0 Å². The summed E-state index contributed by atoms with van der Waals surface area (Å²) in [5.41, 5.74) is 2.52. The third-order valence-corrected chi connectivity index (χ3v) is 3.68. The number of hydrogen-bond acceptors (Lipinski definition) is 3. The van der Waals surface area contributed by atoms with E-state index in [0.29, 0.717) is 29.5 Å². The van der Waals surface area contributed by atoms with Crippen molar-refractivity contribution in [2.45, 2.75) is 40.0 Å². The van der Waals surface area contributed by atoms with Crippen LogP contribution < -0.4 is 5.32 Å². The van der Waals surface area contributed by atoms with Gasteiger partial charge in [-0.05, 0) is 24.8 Å². The molecule has 2 rings (SSSR count). The smallest absolute Gasteiger partial charge is 0.256 e. The first-order chi connectivity index (χ1) is 10.5. The summed E-state index contributed by atoms with van der Waals surface area (Å²) in [6.45, 7) is 8.56. The molecule has 118 valence electrons. The Morgan fingerprint density at radius 3 is 2.55 bits per heavy atom. The zero-order valence-corrected chi connectivity index (χ0v) is 13.7. The maximum absolute atomic E-state index is 12.4. The van der Waals surface area contributed by atoms with Gasteiger partial charge in [-0.15, -0.1) is 0 Å². The van der Waals surface area contributed by atoms with E-state index in [-0.39, 0.29) is 11.8 Å². The molecule has 0 radical (unpaired) electrons. The summed E-state index contributed by atoms with van der Waals surface area (Å²) in [6.07, 6.45) is 0.945. The van der Waals surface area contributed by atoms with Crippen LogP contribution in [-0.2, 0) is 6.42 Å². The highest BCUT2D eigenvalue weighted by Gasteiger charge is 2.22. The largest absolute Gasteiger partial charge is 0.360 e. The fourth-order valence-corrected chi connectivity index (χ4v) is 2.50. The van der Waals surface area contributed by atoms with Gasteiger partial charge in [-0.3, -0.25) is 4.79 Å². The predicted molar refractivity (Wildman–Crippen MR) is 87.0 cm³/mol. The zero-order valence-electron chi connectivity index (χ0n) is 13.7. The average Bonchev–Trinajstić information content (AvgIpc) is 2.88. The van der Waals surface area contributed by atoms with Gasteiger partial charge in [0.25, 0.3) is 5.91 Å². The Kier molecular flexibility index (Phi) is 5.36. The molecule has 0 fully saturated rings. The van der Waals surface area contributed by atoms with Crippen molar-refractivity contribution in [1.29, 1.82) is 0 Å². The fourth-order valence-electron chi connectivity index (χ4n) is 2.50. The number of aryl methyl sites for hydroxylation is 1. The Morgan fingerprint density at radius 2 is 1.91 bits per heavy atom. The number of aromatic nitrogens is 1. The van der Waals surface area contributed by atoms with Crippen LogP contribution >= 0.6 is 0 Å². The molecule has 1 heterocycles. The third-order valence-electron chi connectivity index (χ3n) is 3.68. The van der Waals surface area contributed by atoms with E-state index in [1.165, 1.54) is 5.56 Å². The molecule has 1 atom stereocenters. The zero-order chi connectivity index (χ0) is 16.1. The van der Waals surface area contributed by atoms with E-state index in [0.717, 1.165) is 6.42 Å². The van der Waals surface area contributed by atoms with Crippen LogP contribution in [0.3, 0.4) is 0 Å². The molecule has 0 saturated carbocycles. The topological polar surface area (TPSA) is 55.1 Å². The highest BCUT2D eigenvalue weighted by atomic mass is 16.5. The minimum atomic E-state index is -0.0950. The van der Waals surface area contributed by atoms with Gasteiger partial charge in [0.05, 0.1) is 5.69 Å². The predicted octanol–water partition coefficient (Wildman–Crippen LogP) is 3.72. The summed E-state index contributed by atoms with van der Waals surface area (Å²) in [5.74, 6) is 1.07. The van der Waals surface area contributed by atoms with Crippen LogP contribution in [0.4, 0.5) is 0 Å². The lowest BCUT2D eigenvalue weighted by molar-refractivity contribution is 0.0945. The van der Waals surface area contributed by atoms with Gasteiger partial charge in [0.2, 0.25) is 0 Å². The molecular formula is C18H24N2O2. The lowest BCUT2D eigenvalue weighted by Crippen LogP contribution is -2.30. The molecule has 4 heteroatoms. The summed E-state index contributed by atoms with van der Waals surface area (Å²) in [4.78, 5) is 12.4. The summed E-state index contributed by atoms with van der Waals surface area (Å²) in [5, 5.41) is 6.92. The normalized spacial score (nSPS) is 12.4. The quantitative estimate of drug-likeness (QED) is 0.884. The van der Waals surface area contributed by atoms with Gasteiger partial charge in [0, 0.05) is 12.5 Å². The SMILES string of the molecule is Cc1noc(C(C)C)c1C(=O)NCC(C)Cc1ccccc1. The van der Waals surface area contributed by atoms with E-state index in [9.17, 15) is 4.79 Å². The van der Waals surface area contributed by atoms with Crippen LogP contribution in [0, 0.1) is 12.8 Å². The maximum atomic E-state index is 12.4. The molecule has 1 aromatic heterocycles. The van der Waals surface area contributed by atoms with E-state index in [4.69, 9.17) is 4.52 Å². The molecule has 1 amide bonds. The second-order valence-corrected chi connectivity index (χ2v) is 6.17. The first-order valence-electron chi connectivity index (χ1n) is 7.77. The Bertz CT molecular complexity index is 617. The van der Waals surface area contributed by atoms with Gasteiger partial charge >= 0.3 is 0 Å². The van der Waals surface area contributed by atoms with Crippen molar-refractivity contribution in [1.82, 2.24) is 10.5 Å². The highest BCUT2D eigenvalue weighted by molar-refractivity contribution is 5.96. The van der Waals surface area contributed by atoms with Gasteiger partial charge < -0.3 is 9.84 Å². The van der Waals surface area contributed by atoms with Crippen molar-refractivity contribution in [2.75, 3.05) is 6.54 Å². The van der Waals surface area contributed by atoms with E-state index < -0.39 is 0 Å². The van der Waals surface area contributed by atoms with Crippen LogP contribution in [0.2, 0.25) is 0 Å². The minimum Gasteiger partial charge on any atom is -0.360 e. The molecule has 0 saturated heterocycles. The highest BCUT2D eigenvalue weighted by Crippen LogP contribution is 2.22. The number of amides is 1. The van der Waals surface area contributed by atoms with Crippen LogP contribution in [0.15, 0.2) is 34.9 Å². The van der Waals surface area contributed by atoms with E-state index in [2.05, 4.69) is 29.5 Å². The standard InChI is InChI=1S/C18H24N2O2/c1-12(2)17-16(14(4)20-22-17)18(21)19-11-13(3)10-15-8-6-5-7-9-15/h5-9,12-13H,10-11H2,1-4H3,(H,19,21). The minimum absolute atomic E-state index is 0.0950. The Labute approximate surface area is 131 Å². The number of nitrogens with zero attached hydrogens (tertiary/aromatic N) is 1. The van der Waals surface area contributed by atoms with Crippen LogP contribution in [-0.4, -0.2) is 17.6 Å². The molecule has 22 heavy (non-hydrogen) atoms. The summed E-state index contributed by atoms with van der Waals surface area (Å²) in [7, 11) is 0. The Balaban J connectivity index is 1.94. The van der Waals surface area contributed by atoms with Crippen molar-refractivity contribution in [2.24, 2.45) is 5.92 Å². The second kappa shape index (κ2) is 7.25. The molecule has 0 spiro atoms. The summed E-state index contributed by atoms with van der Waals surface area (Å²) >= 11 is 0. The molecule has 0 aliphatic rings. The fraction of sp³-hybridized carbons (Fsp3) is 0.444. The van der Waals surface area contributed by atoms with Gasteiger partial charge in [-0.2, -0.15) is 0 Å². The van der Waals surface area contributed by atoms with Gasteiger partial charge in [-0.25, -0.2) is 0 Å². The molecule has 1 N–H and O–H groups in total. The van der Waals surface area contributed by atoms with Crippen molar-refractivity contribution < 1.29 is 9.32 Å². The number of carbonyl (C=O) groups excluding carboxylic acids is 1. The molecule has 4 nitrogen and oxygen atoms in total. The van der Waals surface area contributed by atoms with E-state index in [1.807, 2.05) is 32.0 Å². The van der Waals surface area contributed by atoms with Crippen molar-refractivity contribution in [3.05, 3.63) is 52.9 Å². The first kappa shape index (κ1) is 16.3. The van der Waals surface area contributed by atoms with E-state index in [1.54, 1.807) is 6.92 Å². The number of rotatable bonds is 6. The van der Waals surface area contributed by atoms with Crippen LogP contribution in [0.5, 0.6) is 0 Å². The lowest BCUT2D eigenvalue weighted by atomic mass is 10.0. The molecule has 2 aromatic rings. The Hall–Kier alpha value is -2.10. The number of benzene rings is 1. The van der Waals surface area contributed by atoms with Crippen LogP contribution in [0.1, 0.15) is 54.1 Å². The van der Waals surface area contributed by atoms with Gasteiger partial charge in [0.15, 0.2) is 5.76 Å². The number of carbonyl (C=O) groups is 1. The summed E-state index contributed by atoms with van der Waals surface area (Å²) < 4.78 is 5.27. The van der Waals surface area contributed by atoms with E-state index >= 15 is 0 Å². The second-order valence-electron chi connectivity index (χ2n) is 6.17. The molecule has 1 aromatic carbocycles. The third kappa shape index (κ3) is 3.97. The molecule has 1 unspecified atom stereocenters. The number of hydrogen-bond donors (Lipinski definition) is 1. The van der Waals surface area contributed by atoms with Crippen LogP contribution in [0.25, 0.3) is 0 Å². The molecular weight excluding hydrogens is 276 g/mol. The van der Waals surface area contributed by atoms with Gasteiger partial charge in [0.1, 0.15) is 5.56 Å². The first-order valence-corrected chi connectivity index (χ1v) is 7.77. The monoisotopic (exact) mass is 300 g/mol. The molecule has 0 aliphatic heterocycles. The van der Waals surface area contributed by atoms with Crippen molar-refractivity contribution in [3.8, 4) is 0 Å². The maximum Gasteiger partial charge on any atom is 0.256 e. The van der Waals surface area contributed by atoms with Crippen molar-refractivity contribution >= 4 is 5.91 Å². The summed E-state index contributed by atoms with van der Waals surface area (Å²) in [6, 6.07) is 10.3.